The van der Waals surface area contributed by atoms with E-state index in [1.54, 1.807) is 66.7 Å². The molecule has 0 spiro atoms. The number of aromatic nitrogens is 1. The minimum absolute atomic E-state index is 0.0180. The Morgan fingerprint density at radius 2 is 1.59 bits per heavy atom. The van der Waals surface area contributed by atoms with Crippen LogP contribution >= 0.6 is 22.9 Å². The molecule has 9 heteroatoms. The molecule has 0 radical (unpaired) electrons. The maximum atomic E-state index is 13.4. The Kier molecular flexibility index (Phi) is 6.86. The van der Waals surface area contributed by atoms with E-state index in [2.05, 4.69) is 4.98 Å². The number of carbonyl (C=O) groups is 2. The average molecular weight is 535 g/mol. The van der Waals surface area contributed by atoms with Gasteiger partial charge >= 0.3 is 5.91 Å². The van der Waals surface area contributed by atoms with Crippen molar-refractivity contribution in [1.82, 2.24) is 4.98 Å². The fourth-order valence-electron chi connectivity index (χ4n) is 4.28. The van der Waals surface area contributed by atoms with Crippen molar-refractivity contribution in [2.24, 2.45) is 0 Å². The zero-order valence-electron chi connectivity index (χ0n) is 20.1. The molecule has 1 aromatic heterocycles. The Morgan fingerprint density at radius 1 is 0.973 bits per heavy atom. The summed E-state index contributed by atoms with van der Waals surface area (Å²) in [5.74, 6) is -0.536. The first-order valence-electron chi connectivity index (χ1n) is 11.7. The van der Waals surface area contributed by atoms with E-state index in [1.807, 2.05) is 13.8 Å². The van der Waals surface area contributed by atoms with Crippen molar-refractivity contribution in [1.29, 1.82) is 0 Å². The normalized spacial score (nSPS) is 16.9. The highest BCUT2D eigenvalue weighted by Crippen LogP contribution is 2.44. The molecule has 5 rings (SSSR count). The van der Waals surface area contributed by atoms with Crippen molar-refractivity contribution in [3.05, 3.63) is 88.5 Å². The van der Waals surface area contributed by atoms with Crippen LogP contribution in [-0.2, 0) is 9.59 Å². The van der Waals surface area contributed by atoms with Gasteiger partial charge in [0.05, 0.1) is 35.0 Å². The van der Waals surface area contributed by atoms with Crippen molar-refractivity contribution in [2.45, 2.75) is 19.9 Å². The largest absolute Gasteiger partial charge is 0.507 e. The van der Waals surface area contributed by atoms with Gasteiger partial charge in [-0.2, -0.15) is 0 Å². The molecule has 1 unspecified atom stereocenters. The van der Waals surface area contributed by atoms with Crippen LogP contribution in [0.15, 0.2) is 72.3 Å². The van der Waals surface area contributed by atoms with E-state index in [9.17, 15) is 14.7 Å². The van der Waals surface area contributed by atoms with Gasteiger partial charge in [0, 0.05) is 10.6 Å². The first-order chi connectivity index (χ1) is 17.9. The van der Waals surface area contributed by atoms with Gasteiger partial charge in [-0.25, -0.2) is 4.98 Å². The lowest BCUT2D eigenvalue weighted by Crippen LogP contribution is -2.29. The third kappa shape index (κ3) is 4.65. The van der Waals surface area contributed by atoms with E-state index in [1.165, 1.54) is 16.2 Å². The summed E-state index contributed by atoms with van der Waals surface area (Å²) in [5.41, 5.74) is 1.67. The number of aliphatic hydroxyl groups excluding tert-OH is 1. The summed E-state index contributed by atoms with van der Waals surface area (Å²) < 4.78 is 11.8. The summed E-state index contributed by atoms with van der Waals surface area (Å²) in [6.45, 7) is 4.77. The van der Waals surface area contributed by atoms with Crippen LogP contribution in [0.4, 0.5) is 5.13 Å². The highest BCUT2D eigenvalue weighted by molar-refractivity contribution is 7.22. The number of carbonyl (C=O) groups excluding carboxylic acids is 2. The first kappa shape index (κ1) is 24.8. The van der Waals surface area contributed by atoms with Crippen molar-refractivity contribution in [3.63, 3.8) is 0 Å². The highest BCUT2D eigenvalue weighted by atomic mass is 35.5. The van der Waals surface area contributed by atoms with Gasteiger partial charge < -0.3 is 14.6 Å². The number of ether oxygens (including phenoxy) is 2. The van der Waals surface area contributed by atoms with Crippen LogP contribution in [-0.4, -0.2) is 35.0 Å². The Balaban J connectivity index is 1.66. The molecule has 3 aromatic carbocycles. The minimum Gasteiger partial charge on any atom is -0.507 e. The number of hydrogen-bond donors (Lipinski definition) is 1. The predicted octanol–water partition coefficient (Wildman–Crippen LogP) is 6.37. The number of anilines is 1. The molecule has 1 fully saturated rings. The first-order valence-corrected chi connectivity index (χ1v) is 12.9. The number of thiazole rings is 1. The van der Waals surface area contributed by atoms with Crippen molar-refractivity contribution in [3.8, 4) is 11.5 Å². The maximum Gasteiger partial charge on any atom is 0.301 e. The SMILES string of the molecule is CCOc1ccc(/C(O)=C2\C(=O)C(=O)N(c3nc4ccc(Cl)cc4s3)C2c2ccc(OCC)cc2)cc1. The van der Waals surface area contributed by atoms with Crippen molar-refractivity contribution in [2.75, 3.05) is 18.1 Å². The standard InChI is InChI=1S/C28H23ClN2O5S/c1-3-35-19-10-5-16(6-11-19)24-23(25(32)17-7-12-20(13-8-17)36-4-2)26(33)27(34)31(24)28-30-21-14-9-18(29)15-22(21)37-28/h5-15,24,32H,3-4H2,1-2H3/b25-23+. The van der Waals surface area contributed by atoms with E-state index in [-0.39, 0.29) is 11.3 Å². The second-order valence-corrected chi connectivity index (χ2v) is 9.68. The lowest BCUT2D eigenvalue weighted by atomic mass is 9.95. The van der Waals surface area contributed by atoms with E-state index < -0.39 is 17.7 Å². The topological polar surface area (TPSA) is 89.0 Å². The minimum atomic E-state index is -0.890. The zero-order valence-corrected chi connectivity index (χ0v) is 21.7. The smallest absolute Gasteiger partial charge is 0.301 e. The van der Waals surface area contributed by atoms with Gasteiger partial charge in [0.25, 0.3) is 5.78 Å². The summed E-state index contributed by atoms with van der Waals surface area (Å²) in [4.78, 5) is 32.8. The quantitative estimate of drug-likeness (QED) is 0.168. The molecule has 1 aliphatic rings. The molecular formula is C28H23ClN2O5S. The van der Waals surface area contributed by atoms with Gasteiger partial charge in [-0.1, -0.05) is 35.1 Å². The number of benzene rings is 3. The van der Waals surface area contributed by atoms with Crippen LogP contribution < -0.4 is 14.4 Å². The Bertz CT molecular complexity index is 1510. The number of fused-ring (bicyclic) bond motifs is 1. The van der Waals surface area contributed by atoms with Crippen LogP contribution in [0.1, 0.15) is 31.0 Å². The van der Waals surface area contributed by atoms with Crippen LogP contribution in [0.3, 0.4) is 0 Å². The molecule has 7 nitrogen and oxygen atoms in total. The van der Waals surface area contributed by atoms with Crippen molar-refractivity contribution < 1.29 is 24.2 Å². The van der Waals surface area contributed by atoms with Crippen LogP contribution in [0.2, 0.25) is 5.02 Å². The third-order valence-corrected chi connectivity index (χ3v) is 7.19. The number of rotatable bonds is 7. The Labute approximate surface area is 222 Å². The van der Waals surface area contributed by atoms with E-state index in [4.69, 9.17) is 21.1 Å². The molecule has 1 aliphatic heterocycles. The zero-order chi connectivity index (χ0) is 26.1. The number of nitrogens with zero attached hydrogens (tertiary/aromatic N) is 2. The highest BCUT2D eigenvalue weighted by Gasteiger charge is 2.48. The molecule has 2 heterocycles. The summed E-state index contributed by atoms with van der Waals surface area (Å²) >= 11 is 7.40. The monoisotopic (exact) mass is 534 g/mol. The molecule has 0 bridgehead atoms. The predicted molar refractivity (Wildman–Crippen MR) is 145 cm³/mol. The van der Waals surface area contributed by atoms with Gasteiger partial charge in [-0.15, -0.1) is 0 Å². The van der Waals surface area contributed by atoms with E-state index in [0.717, 1.165) is 4.70 Å². The average Bonchev–Trinajstić information content (AvgIpc) is 3.42. The molecule has 1 saturated heterocycles. The number of amides is 1. The molecule has 0 aliphatic carbocycles. The number of Topliss-reactive ketones (excluding diaryl/α,β-unsaturated/α-hetero) is 1. The van der Waals surface area contributed by atoms with Gasteiger partial charge in [-0.3, -0.25) is 14.5 Å². The van der Waals surface area contributed by atoms with Crippen LogP contribution in [0.25, 0.3) is 16.0 Å². The van der Waals surface area contributed by atoms with E-state index >= 15 is 0 Å². The number of ketones is 1. The summed E-state index contributed by atoms with van der Waals surface area (Å²) in [5, 5.41) is 12.2. The van der Waals surface area contributed by atoms with E-state index in [0.29, 0.717) is 51.5 Å². The number of aliphatic hydroxyl groups is 1. The lowest BCUT2D eigenvalue weighted by Gasteiger charge is -2.23. The second kappa shape index (κ2) is 10.2. The second-order valence-electron chi connectivity index (χ2n) is 8.24. The van der Waals surface area contributed by atoms with Crippen LogP contribution in [0, 0.1) is 0 Å². The molecular weight excluding hydrogens is 512 g/mol. The molecule has 188 valence electrons. The Hall–Kier alpha value is -3.88. The summed E-state index contributed by atoms with van der Waals surface area (Å²) in [6.07, 6.45) is 0. The van der Waals surface area contributed by atoms with Crippen LogP contribution in [0.5, 0.6) is 11.5 Å². The number of halogens is 1. The molecule has 37 heavy (non-hydrogen) atoms. The molecule has 1 N–H and O–H groups in total. The Morgan fingerprint density at radius 3 is 2.22 bits per heavy atom. The third-order valence-electron chi connectivity index (χ3n) is 5.94. The summed E-state index contributed by atoms with van der Waals surface area (Å²) in [7, 11) is 0. The van der Waals surface area contributed by atoms with Gasteiger partial charge in [0.1, 0.15) is 17.3 Å². The maximum absolute atomic E-state index is 13.4. The fourth-order valence-corrected chi connectivity index (χ4v) is 5.55. The van der Waals surface area contributed by atoms with Crippen molar-refractivity contribution >= 4 is 55.7 Å². The van der Waals surface area contributed by atoms with Gasteiger partial charge in [0.15, 0.2) is 5.13 Å². The van der Waals surface area contributed by atoms with Gasteiger partial charge in [0.2, 0.25) is 0 Å². The molecule has 1 amide bonds. The molecule has 1 atom stereocenters. The molecule has 4 aromatic rings. The fraction of sp³-hybridized carbons (Fsp3) is 0.179. The lowest BCUT2D eigenvalue weighted by molar-refractivity contribution is -0.132. The number of hydrogen-bond acceptors (Lipinski definition) is 7. The molecule has 0 saturated carbocycles. The summed E-state index contributed by atoms with van der Waals surface area (Å²) in [6, 6.07) is 18.2. The van der Waals surface area contributed by atoms with Gasteiger partial charge in [-0.05, 0) is 74.0 Å².